The number of rotatable bonds is 6. The zero-order chi connectivity index (χ0) is 17.9. The van der Waals surface area contributed by atoms with Crippen LogP contribution in [-0.2, 0) is 16.6 Å². The molecular weight excluding hydrogens is 366 g/mol. The first-order valence-corrected chi connectivity index (χ1v) is 9.07. The SMILES string of the molecule is COc1ccc(S(=O)(=O)NCc2nc(-c3ccccc3)no2)cc1Cl. The summed E-state index contributed by atoms with van der Waals surface area (Å²) in [6, 6.07) is 13.4. The molecule has 9 heteroatoms. The summed E-state index contributed by atoms with van der Waals surface area (Å²) in [7, 11) is -2.33. The van der Waals surface area contributed by atoms with E-state index in [1.165, 1.54) is 25.3 Å². The number of aromatic nitrogens is 2. The first-order chi connectivity index (χ1) is 12.0. The van der Waals surface area contributed by atoms with Crippen LogP contribution in [0.2, 0.25) is 5.02 Å². The molecule has 0 aliphatic rings. The van der Waals surface area contributed by atoms with Gasteiger partial charge in [-0.2, -0.15) is 4.98 Å². The summed E-state index contributed by atoms with van der Waals surface area (Å²) in [6.07, 6.45) is 0. The highest BCUT2D eigenvalue weighted by molar-refractivity contribution is 7.89. The van der Waals surface area contributed by atoms with Gasteiger partial charge >= 0.3 is 0 Å². The first-order valence-electron chi connectivity index (χ1n) is 7.21. The fourth-order valence-corrected chi connectivity index (χ4v) is 3.41. The Hall–Kier alpha value is -2.42. The van der Waals surface area contributed by atoms with Crippen molar-refractivity contribution in [3.05, 3.63) is 59.4 Å². The van der Waals surface area contributed by atoms with Crippen LogP contribution in [0.25, 0.3) is 11.4 Å². The Morgan fingerprint density at radius 3 is 2.64 bits per heavy atom. The molecule has 1 aromatic heterocycles. The predicted molar refractivity (Wildman–Crippen MR) is 91.8 cm³/mol. The molecule has 7 nitrogen and oxygen atoms in total. The van der Waals surface area contributed by atoms with Gasteiger partial charge in [0.15, 0.2) is 0 Å². The smallest absolute Gasteiger partial charge is 0.242 e. The van der Waals surface area contributed by atoms with Crippen molar-refractivity contribution < 1.29 is 17.7 Å². The van der Waals surface area contributed by atoms with Crippen LogP contribution in [0.1, 0.15) is 5.89 Å². The topological polar surface area (TPSA) is 94.3 Å². The molecule has 0 saturated heterocycles. The number of nitrogens with one attached hydrogen (secondary N) is 1. The molecule has 0 saturated carbocycles. The second-order valence-corrected chi connectivity index (χ2v) is 7.17. The Bertz CT molecular complexity index is 974. The lowest BCUT2D eigenvalue weighted by Gasteiger charge is -2.07. The maximum Gasteiger partial charge on any atom is 0.242 e. The van der Waals surface area contributed by atoms with Crippen LogP contribution in [0.15, 0.2) is 57.9 Å². The van der Waals surface area contributed by atoms with Gasteiger partial charge in [0.1, 0.15) is 5.75 Å². The monoisotopic (exact) mass is 379 g/mol. The first kappa shape index (κ1) is 17.4. The van der Waals surface area contributed by atoms with Gasteiger partial charge in [0.25, 0.3) is 0 Å². The minimum atomic E-state index is -3.78. The predicted octanol–water partition coefficient (Wildman–Crippen LogP) is 2.88. The van der Waals surface area contributed by atoms with Gasteiger partial charge in [-0.15, -0.1) is 0 Å². The van der Waals surface area contributed by atoms with E-state index in [-0.39, 0.29) is 22.4 Å². The summed E-state index contributed by atoms with van der Waals surface area (Å²) in [5, 5.41) is 4.04. The largest absolute Gasteiger partial charge is 0.495 e. The lowest BCUT2D eigenvalue weighted by atomic mass is 10.2. The van der Waals surface area contributed by atoms with Crippen molar-refractivity contribution in [1.29, 1.82) is 0 Å². The quantitative estimate of drug-likeness (QED) is 0.707. The van der Waals surface area contributed by atoms with E-state index in [2.05, 4.69) is 14.9 Å². The van der Waals surface area contributed by atoms with Crippen LogP contribution in [0.3, 0.4) is 0 Å². The maximum absolute atomic E-state index is 12.3. The Labute approximate surface area is 149 Å². The van der Waals surface area contributed by atoms with Gasteiger partial charge in [-0.3, -0.25) is 0 Å². The van der Waals surface area contributed by atoms with Crippen molar-refractivity contribution in [3.8, 4) is 17.1 Å². The molecule has 2 aromatic carbocycles. The number of ether oxygens (including phenoxy) is 1. The molecule has 1 heterocycles. The van der Waals surface area contributed by atoms with Gasteiger partial charge in [-0.25, -0.2) is 13.1 Å². The van der Waals surface area contributed by atoms with Crippen LogP contribution >= 0.6 is 11.6 Å². The molecule has 0 unspecified atom stereocenters. The molecule has 3 rings (SSSR count). The Morgan fingerprint density at radius 1 is 1.20 bits per heavy atom. The van der Waals surface area contributed by atoms with Crippen molar-refractivity contribution in [2.75, 3.05) is 7.11 Å². The van der Waals surface area contributed by atoms with E-state index in [9.17, 15) is 8.42 Å². The van der Waals surface area contributed by atoms with Gasteiger partial charge in [0, 0.05) is 5.56 Å². The number of nitrogens with zero attached hydrogens (tertiary/aromatic N) is 2. The highest BCUT2D eigenvalue weighted by atomic mass is 35.5. The number of methoxy groups -OCH3 is 1. The van der Waals surface area contributed by atoms with Crippen LogP contribution < -0.4 is 9.46 Å². The standard InChI is InChI=1S/C16H14ClN3O4S/c1-23-14-8-7-12(9-13(14)17)25(21,22)18-10-15-19-16(20-24-15)11-5-3-2-4-6-11/h2-9,18H,10H2,1H3. The number of hydrogen-bond donors (Lipinski definition) is 1. The highest BCUT2D eigenvalue weighted by Gasteiger charge is 2.18. The van der Waals surface area contributed by atoms with Crippen molar-refractivity contribution in [1.82, 2.24) is 14.9 Å². The van der Waals surface area contributed by atoms with Crippen molar-refractivity contribution in [2.45, 2.75) is 11.4 Å². The molecule has 0 aliphatic heterocycles. The van der Waals surface area contributed by atoms with E-state index in [0.29, 0.717) is 11.6 Å². The lowest BCUT2D eigenvalue weighted by Crippen LogP contribution is -2.23. The molecule has 1 N–H and O–H groups in total. The Morgan fingerprint density at radius 2 is 1.96 bits per heavy atom. The second-order valence-electron chi connectivity index (χ2n) is 5.00. The molecule has 3 aromatic rings. The van der Waals surface area contributed by atoms with Gasteiger partial charge in [-0.1, -0.05) is 47.1 Å². The minimum absolute atomic E-state index is 0.0149. The molecule has 0 fully saturated rings. The van der Waals surface area contributed by atoms with Crippen LogP contribution in [0.5, 0.6) is 5.75 Å². The summed E-state index contributed by atoms with van der Waals surface area (Å²) in [5.41, 5.74) is 0.780. The van der Waals surface area contributed by atoms with E-state index in [0.717, 1.165) is 5.56 Å². The molecular formula is C16H14ClN3O4S. The summed E-state index contributed by atoms with van der Waals surface area (Å²) < 4.78 is 37.1. The van der Waals surface area contributed by atoms with Gasteiger partial charge in [-0.05, 0) is 18.2 Å². The van der Waals surface area contributed by atoms with Crippen molar-refractivity contribution in [2.24, 2.45) is 0 Å². The van der Waals surface area contributed by atoms with Crippen LogP contribution in [-0.4, -0.2) is 25.7 Å². The number of hydrogen-bond acceptors (Lipinski definition) is 6. The highest BCUT2D eigenvalue weighted by Crippen LogP contribution is 2.26. The van der Waals surface area contributed by atoms with Gasteiger partial charge in [0.05, 0.1) is 23.6 Å². The van der Waals surface area contributed by atoms with Crippen LogP contribution in [0, 0.1) is 0 Å². The molecule has 0 radical (unpaired) electrons. The summed E-state index contributed by atoms with van der Waals surface area (Å²) >= 11 is 5.97. The number of halogens is 1. The molecule has 0 spiro atoms. The van der Waals surface area contributed by atoms with E-state index < -0.39 is 10.0 Å². The molecule has 0 bridgehead atoms. The molecule has 0 amide bonds. The number of benzene rings is 2. The summed E-state index contributed by atoms with van der Waals surface area (Å²) in [4.78, 5) is 4.19. The zero-order valence-corrected chi connectivity index (χ0v) is 14.7. The molecule has 25 heavy (non-hydrogen) atoms. The van der Waals surface area contributed by atoms with Crippen molar-refractivity contribution >= 4 is 21.6 Å². The molecule has 0 aliphatic carbocycles. The maximum atomic E-state index is 12.3. The normalized spacial score (nSPS) is 11.4. The van der Waals surface area contributed by atoms with E-state index >= 15 is 0 Å². The average Bonchev–Trinajstić information content (AvgIpc) is 3.10. The fourth-order valence-electron chi connectivity index (χ4n) is 2.09. The van der Waals surface area contributed by atoms with E-state index in [1.54, 1.807) is 0 Å². The molecule has 130 valence electrons. The average molecular weight is 380 g/mol. The Balaban J connectivity index is 1.72. The van der Waals surface area contributed by atoms with Gasteiger partial charge in [0.2, 0.25) is 21.7 Å². The van der Waals surface area contributed by atoms with Crippen LogP contribution in [0.4, 0.5) is 0 Å². The zero-order valence-electron chi connectivity index (χ0n) is 13.1. The summed E-state index contributed by atoms with van der Waals surface area (Å²) in [6.45, 7) is -0.133. The lowest BCUT2D eigenvalue weighted by molar-refractivity contribution is 0.376. The fraction of sp³-hybridized carbons (Fsp3) is 0.125. The van der Waals surface area contributed by atoms with Gasteiger partial charge < -0.3 is 9.26 Å². The van der Waals surface area contributed by atoms with Crippen molar-refractivity contribution in [3.63, 3.8) is 0 Å². The van der Waals surface area contributed by atoms with E-state index in [4.69, 9.17) is 20.9 Å². The number of sulfonamides is 1. The third-order valence-electron chi connectivity index (χ3n) is 3.35. The minimum Gasteiger partial charge on any atom is -0.495 e. The third kappa shape index (κ3) is 3.98. The summed E-state index contributed by atoms with van der Waals surface area (Å²) in [5.74, 6) is 0.939. The third-order valence-corrected chi connectivity index (χ3v) is 5.04. The molecule has 0 atom stereocenters. The second kappa shape index (κ2) is 7.22. The van der Waals surface area contributed by atoms with E-state index in [1.807, 2.05) is 30.3 Å². The Kier molecular flexibility index (Phi) is 5.03.